The van der Waals surface area contributed by atoms with Gasteiger partial charge in [0.05, 0.1) is 0 Å². The maximum Gasteiger partial charge on any atom is 0.166 e. The van der Waals surface area contributed by atoms with Gasteiger partial charge in [0.15, 0.2) is 11.6 Å². The van der Waals surface area contributed by atoms with E-state index in [1.54, 1.807) is 6.07 Å². The highest BCUT2D eigenvalue weighted by Crippen LogP contribution is 2.23. The van der Waals surface area contributed by atoms with Crippen LogP contribution in [0.5, 0.6) is 5.75 Å². The van der Waals surface area contributed by atoms with Crippen LogP contribution in [0.4, 0.5) is 8.78 Å². The Hall–Kier alpha value is -1.53. The van der Waals surface area contributed by atoms with E-state index in [-0.39, 0.29) is 22.9 Å². The average Bonchev–Trinajstić information content (AvgIpc) is 2.39. The maximum atomic E-state index is 13.6. The van der Waals surface area contributed by atoms with Gasteiger partial charge >= 0.3 is 0 Å². The molecule has 2 rings (SSSR count). The van der Waals surface area contributed by atoms with Gasteiger partial charge < -0.3 is 10.5 Å². The number of hydrogen-bond acceptors (Lipinski definition) is 2. The highest BCUT2D eigenvalue weighted by atomic mass is 79.9. The molecule has 2 aromatic carbocycles. The Morgan fingerprint density at radius 3 is 2.55 bits per heavy atom. The first-order chi connectivity index (χ1) is 9.47. The molecule has 2 N–H and O–H groups in total. The second-order valence-electron chi connectivity index (χ2n) is 4.03. The van der Waals surface area contributed by atoms with E-state index in [1.807, 2.05) is 0 Å². The van der Waals surface area contributed by atoms with Gasteiger partial charge in [0.25, 0.3) is 0 Å². The second kappa shape index (κ2) is 6.28. The molecule has 0 aliphatic rings. The molecule has 20 heavy (non-hydrogen) atoms. The van der Waals surface area contributed by atoms with Crippen molar-refractivity contribution in [2.75, 3.05) is 0 Å². The zero-order valence-corrected chi connectivity index (χ0v) is 12.6. The fourth-order valence-corrected chi connectivity index (χ4v) is 2.05. The summed E-state index contributed by atoms with van der Waals surface area (Å²) in [7, 11) is 0. The molecule has 0 aliphatic heterocycles. The molecule has 0 aromatic heterocycles. The van der Waals surface area contributed by atoms with Crippen molar-refractivity contribution in [1.29, 1.82) is 0 Å². The lowest BCUT2D eigenvalue weighted by Crippen LogP contribution is -2.11. The summed E-state index contributed by atoms with van der Waals surface area (Å²) >= 11 is 7.97. The quantitative estimate of drug-likeness (QED) is 0.841. The van der Waals surface area contributed by atoms with Crippen LogP contribution in [-0.4, -0.2) is 4.99 Å². The topological polar surface area (TPSA) is 35.2 Å². The smallest absolute Gasteiger partial charge is 0.166 e. The van der Waals surface area contributed by atoms with Crippen molar-refractivity contribution in [1.82, 2.24) is 0 Å². The van der Waals surface area contributed by atoms with E-state index in [0.717, 1.165) is 0 Å². The van der Waals surface area contributed by atoms with Crippen molar-refractivity contribution in [2.24, 2.45) is 5.73 Å². The molecule has 104 valence electrons. The fraction of sp³-hybridized carbons (Fsp3) is 0.0714. The molecule has 0 heterocycles. The second-order valence-corrected chi connectivity index (χ2v) is 5.39. The molecular weight excluding hydrogens is 348 g/mol. The zero-order valence-electron chi connectivity index (χ0n) is 10.2. The highest BCUT2D eigenvalue weighted by Gasteiger charge is 2.09. The van der Waals surface area contributed by atoms with Crippen LogP contribution < -0.4 is 10.5 Å². The number of thiocarbonyl (C=S) groups is 1. The van der Waals surface area contributed by atoms with Crippen molar-refractivity contribution in [3.05, 3.63) is 63.6 Å². The fourth-order valence-electron chi connectivity index (χ4n) is 1.59. The monoisotopic (exact) mass is 357 g/mol. The van der Waals surface area contributed by atoms with Crippen LogP contribution in [0.1, 0.15) is 11.1 Å². The number of benzene rings is 2. The van der Waals surface area contributed by atoms with Crippen LogP contribution in [0.2, 0.25) is 0 Å². The van der Waals surface area contributed by atoms with Crippen LogP contribution in [-0.2, 0) is 6.61 Å². The Kier molecular flexibility index (Phi) is 4.67. The van der Waals surface area contributed by atoms with Crippen molar-refractivity contribution < 1.29 is 13.5 Å². The van der Waals surface area contributed by atoms with Gasteiger partial charge in [-0.1, -0.05) is 28.1 Å². The lowest BCUT2D eigenvalue weighted by Gasteiger charge is -2.09. The first kappa shape index (κ1) is 14.9. The predicted molar refractivity (Wildman–Crippen MR) is 80.7 cm³/mol. The third-order valence-electron chi connectivity index (χ3n) is 2.61. The minimum atomic E-state index is -0.523. The molecule has 0 radical (unpaired) electrons. The number of halogens is 3. The summed E-state index contributed by atoms with van der Waals surface area (Å²) in [4.78, 5) is 0.168. The summed E-state index contributed by atoms with van der Waals surface area (Å²) in [6, 6.07) is 8.62. The normalized spacial score (nSPS) is 10.3. The third-order valence-corrected chi connectivity index (χ3v) is 3.34. The summed E-state index contributed by atoms with van der Waals surface area (Å²) in [5.74, 6) is -0.930. The van der Waals surface area contributed by atoms with E-state index in [9.17, 15) is 8.78 Å². The standard InChI is InChI=1S/C14H10BrF2NOS/c15-10-2-4-13(12(17)6-10)19-7-9-5-8(14(18)20)1-3-11(9)16/h1-6H,7H2,(H2,18,20). The van der Waals surface area contributed by atoms with Gasteiger partial charge in [-0.05, 0) is 36.4 Å². The summed E-state index contributed by atoms with van der Waals surface area (Å²) < 4.78 is 33.1. The van der Waals surface area contributed by atoms with Gasteiger partial charge in [0, 0.05) is 15.6 Å². The van der Waals surface area contributed by atoms with E-state index in [2.05, 4.69) is 15.9 Å². The largest absolute Gasteiger partial charge is 0.486 e. The Morgan fingerprint density at radius 1 is 1.15 bits per heavy atom. The predicted octanol–water partition coefficient (Wildman–Crippen LogP) is 3.94. The molecule has 0 atom stereocenters. The molecule has 0 amide bonds. The van der Waals surface area contributed by atoms with E-state index in [1.165, 1.54) is 30.3 Å². The molecule has 0 saturated carbocycles. The van der Waals surface area contributed by atoms with Gasteiger partial charge in [-0.2, -0.15) is 0 Å². The summed E-state index contributed by atoms with van der Waals surface area (Å²) in [5, 5.41) is 0. The molecule has 2 aromatic rings. The van der Waals surface area contributed by atoms with E-state index < -0.39 is 11.6 Å². The molecule has 0 fully saturated rings. The molecule has 6 heteroatoms. The highest BCUT2D eigenvalue weighted by molar-refractivity contribution is 9.10. The SMILES string of the molecule is NC(=S)c1ccc(F)c(COc2ccc(Br)cc2F)c1. The average molecular weight is 358 g/mol. The lowest BCUT2D eigenvalue weighted by atomic mass is 10.1. The minimum absolute atomic E-state index is 0.0494. The number of nitrogens with two attached hydrogens (primary N) is 1. The molecular formula is C14H10BrF2NOS. The first-order valence-electron chi connectivity index (χ1n) is 5.63. The van der Waals surface area contributed by atoms with Gasteiger partial charge in [-0.15, -0.1) is 0 Å². The Bertz CT molecular complexity index is 664. The Balaban J connectivity index is 2.18. The lowest BCUT2D eigenvalue weighted by molar-refractivity contribution is 0.284. The van der Waals surface area contributed by atoms with Crippen molar-refractivity contribution >= 4 is 33.1 Å². The Labute approximate surface area is 128 Å². The van der Waals surface area contributed by atoms with Gasteiger partial charge in [0.2, 0.25) is 0 Å². The van der Waals surface area contributed by atoms with Crippen LogP contribution in [0.15, 0.2) is 40.9 Å². The van der Waals surface area contributed by atoms with Crippen LogP contribution in [0.3, 0.4) is 0 Å². The van der Waals surface area contributed by atoms with Crippen LogP contribution >= 0.6 is 28.1 Å². The van der Waals surface area contributed by atoms with Crippen LogP contribution in [0, 0.1) is 11.6 Å². The van der Waals surface area contributed by atoms with Gasteiger partial charge in [-0.3, -0.25) is 0 Å². The van der Waals surface area contributed by atoms with E-state index >= 15 is 0 Å². The summed E-state index contributed by atoms with van der Waals surface area (Å²) in [6.45, 7) is -0.110. The first-order valence-corrected chi connectivity index (χ1v) is 6.83. The van der Waals surface area contributed by atoms with E-state index in [4.69, 9.17) is 22.7 Å². The van der Waals surface area contributed by atoms with E-state index in [0.29, 0.717) is 10.0 Å². The maximum absolute atomic E-state index is 13.6. The van der Waals surface area contributed by atoms with Crippen molar-refractivity contribution in [3.63, 3.8) is 0 Å². The number of rotatable bonds is 4. The summed E-state index contributed by atoms with van der Waals surface area (Å²) in [5.41, 5.74) is 6.28. The van der Waals surface area contributed by atoms with Crippen molar-refractivity contribution in [3.8, 4) is 5.75 Å². The zero-order chi connectivity index (χ0) is 14.7. The molecule has 0 aliphatic carbocycles. The summed E-state index contributed by atoms with van der Waals surface area (Å²) in [6.07, 6.45) is 0. The molecule has 2 nitrogen and oxygen atoms in total. The van der Waals surface area contributed by atoms with Crippen LogP contribution in [0.25, 0.3) is 0 Å². The Morgan fingerprint density at radius 2 is 1.90 bits per heavy atom. The number of ether oxygens (including phenoxy) is 1. The molecule has 0 unspecified atom stereocenters. The third kappa shape index (κ3) is 3.52. The number of hydrogen-bond donors (Lipinski definition) is 1. The van der Waals surface area contributed by atoms with Crippen molar-refractivity contribution in [2.45, 2.75) is 6.61 Å². The molecule has 0 saturated heterocycles. The van der Waals surface area contributed by atoms with Gasteiger partial charge in [-0.25, -0.2) is 8.78 Å². The van der Waals surface area contributed by atoms with Gasteiger partial charge in [0.1, 0.15) is 17.4 Å². The minimum Gasteiger partial charge on any atom is -0.486 e. The molecule has 0 bridgehead atoms. The molecule has 0 spiro atoms.